The summed E-state index contributed by atoms with van der Waals surface area (Å²) in [5, 5.41) is 8.19. The van der Waals surface area contributed by atoms with Crippen molar-refractivity contribution in [2.75, 3.05) is 13.7 Å². The van der Waals surface area contributed by atoms with Crippen LogP contribution in [0.3, 0.4) is 0 Å². The molecular formula is C28H43N3O7. The second-order valence-electron chi connectivity index (χ2n) is 10.6. The zero-order valence-corrected chi connectivity index (χ0v) is 23.0. The van der Waals surface area contributed by atoms with Gasteiger partial charge in [0.2, 0.25) is 5.91 Å². The lowest BCUT2D eigenvalue weighted by Gasteiger charge is -2.31. The van der Waals surface area contributed by atoms with Crippen LogP contribution in [-0.4, -0.2) is 55.4 Å². The molecule has 212 valence electrons. The molecule has 1 saturated carbocycles. The fourth-order valence-electron chi connectivity index (χ4n) is 4.39. The van der Waals surface area contributed by atoms with E-state index in [0.29, 0.717) is 25.8 Å². The van der Waals surface area contributed by atoms with Gasteiger partial charge >= 0.3 is 18.2 Å². The highest BCUT2D eigenvalue weighted by molar-refractivity contribution is 5.90. The number of carbonyl (C=O) groups is 4. The summed E-state index contributed by atoms with van der Waals surface area (Å²) in [4.78, 5) is 50.1. The van der Waals surface area contributed by atoms with Gasteiger partial charge in [0.1, 0.15) is 24.3 Å². The van der Waals surface area contributed by atoms with Crippen molar-refractivity contribution < 1.29 is 33.4 Å². The van der Waals surface area contributed by atoms with Crippen LogP contribution >= 0.6 is 0 Å². The van der Waals surface area contributed by atoms with Crippen LogP contribution in [0, 0.1) is 5.92 Å². The molecule has 0 aromatic heterocycles. The third-order valence-electron chi connectivity index (χ3n) is 6.28. The molecule has 0 unspecified atom stereocenters. The predicted molar refractivity (Wildman–Crippen MR) is 142 cm³/mol. The number of amides is 3. The largest absolute Gasteiger partial charge is 0.467 e. The molecule has 1 fully saturated rings. The van der Waals surface area contributed by atoms with Gasteiger partial charge in [-0.25, -0.2) is 14.4 Å². The number of ether oxygens (including phenoxy) is 3. The quantitative estimate of drug-likeness (QED) is 0.208. The standard InChI is InChI=1S/C28H43N3O7/c1-28(2,3)38-27(35)31-23(21-15-9-6-10-16-21)24(32)30-22(25(33)36-4)17-11-12-18-29-26(34)37-19-20-13-7-5-8-14-20/h5,7-8,13-14,21-23H,6,9-12,15-19H2,1-4H3,(H,29,34)(H,30,32)(H,31,35)/t22-,23-/m0/s1. The van der Waals surface area contributed by atoms with E-state index in [-0.39, 0.29) is 12.5 Å². The number of esters is 1. The van der Waals surface area contributed by atoms with Crippen molar-refractivity contribution in [1.82, 2.24) is 16.0 Å². The van der Waals surface area contributed by atoms with Gasteiger partial charge in [-0.3, -0.25) is 4.79 Å². The third-order valence-corrected chi connectivity index (χ3v) is 6.28. The predicted octanol–water partition coefficient (Wildman–Crippen LogP) is 4.21. The topological polar surface area (TPSA) is 132 Å². The lowest BCUT2D eigenvalue weighted by molar-refractivity contribution is -0.145. The Bertz CT molecular complexity index is 895. The van der Waals surface area contributed by atoms with E-state index >= 15 is 0 Å². The number of rotatable bonds is 12. The zero-order chi connectivity index (χ0) is 28.0. The van der Waals surface area contributed by atoms with Crippen molar-refractivity contribution in [1.29, 1.82) is 0 Å². The van der Waals surface area contributed by atoms with Gasteiger partial charge in [-0.2, -0.15) is 0 Å². The van der Waals surface area contributed by atoms with Gasteiger partial charge in [-0.15, -0.1) is 0 Å². The number of nitrogens with one attached hydrogen (secondary N) is 3. The second kappa shape index (κ2) is 15.8. The molecule has 0 aliphatic heterocycles. The van der Waals surface area contributed by atoms with Crippen LogP contribution in [0.1, 0.15) is 77.7 Å². The molecule has 2 atom stereocenters. The molecule has 3 N–H and O–H groups in total. The minimum absolute atomic E-state index is 0.0411. The summed E-state index contributed by atoms with van der Waals surface area (Å²) in [6.07, 6.45) is 4.93. The number of carbonyl (C=O) groups excluding carboxylic acids is 4. The summed E-state index contributed by atoms with van der Waals surface area (Å²) in [6, 6.07) is 7.70. The normalized spacial score (nSPS) is 15.5. The molecule has 3 amide bonds. The first-order chi connectivity index (χ1) is 18.1. The fourth-order valence-corrected chi connectivity index (χ4v) is 4.39. The van der Waals surface area contributed by atoms with Gasteiger partial charge in [-0.05, 0) is 64.4 Å². The van der Waals surface area contributed by atoms with Crippen LogP contribution in [0.15, 0.2) is 30.3 Å². The van der Waals surface area contributed by atoms with E-state index in [1.54, 1.807) is 20.8 Å². The van der Waals surface area contributed by atoms with Crippen LogP contribution < -0.4 is 16.0 Å². The second-order valence-corrected chi connectivity index (χ2v) is 10.6. The summed E-state index contributed by atoms with van der Waals surface area (Å²) in [5.41, 5.74) is 0.195. The van der Waals surface area contributed by atoms with Crippen molar-refractivity contribution >= 4 is 24.1 Å². The monoisotopic (exact) mass is 533 g/mol. The Morgan fingerprint density at radius 1 is 0.947 bits per heavy atom. The lowest BCUT2D eigenvalue weighted by Crippen LogP contribution is -2.55. The number of alkyl carbamates (subject to hydrolysis) is 2. The Hall–Kier alpha value is -3.30. The van der Waals surface area contributed by atoms with Crippen LogP contribution in [0.2, 0.25) is 0 Å². The summed E-state index contributed by atoms with van der Waals surface area (Å²) in [7, 11) is 1.27. The van der Waals surface area contributed by atoms with E-state index in [9.17, 15) is 19.2 Å². The van der Waals surface area contributed by atoms with Gasteiger partial charge in [0, 0.05) is 6.54 Å². The molecule has 1 aliphatic rings. The minimum atomic E-state index is -0.871. The highest BCUT2D eigenvalue weighted by Crippen LogP contribution is 2.27. The summed E-state index contributed by atoms with van der Waals surface area (Å²) < 4.78 is 15.5. The Labute approximate surface area is 225 Å². The molecule has 0 bridgehead atoms. The van der Waals surface area contributed by atoms with Crippen LogP contribution in [-0.2, 0) is 30.4 Å². The molecule has 0 saturated heterocycles. The van der Waals surface area contributed by atoms with Crippen LogP contribution in [0.5, 0.6) is 0 Å². The highest BCUT2D eigenvalue weighted by Gasteiger charge is 2.34. The van der Waals surface area contributed by atoms with E-state index in [4.69, 9.17) is 14.2 Å². The van der Waals surface area contributed by atoms with Gasteiger partial charge in [0.05, 0.1) is 7.11 Å². The van der Waals surface area contributed by atoms with Gasteiger partial charge in [0.25, 0.3) is 0 Å². The molecule has 10 heteroatoms. The number of hydrogen-bond donors (Lipinski definition) is 3. The molecular weight excluding hydrogens is 490 g/mol. The summed E-state index contributed by atoms with van der Waals surface area (Å²) >= 11 is 0. The number of benzene rings is 1. The zero-order valence-electron chi connectivity index (χ0n) is 23.0. The van der Waals surface area contributed by atoms with Crippen LogP contribution in [0.4, 0.5) is 9.59 Å². The Morgan fingerprint density at radius 3 is 2.26 bits per heavy atom. The van der Waals surface area contributed by atoms with Gasteiger partial charge in [-0.1, -0.05) is 49.6 Å². The SMILES string of the molecule is COC(=O)[C@H](CCCCNC(=O)OCc1ccccc1)NC(=O)[C@@H](NC(=O)OC(C)(C)C)C1CCCCC1. The average molecular weight is 534 g/mol. The van der Waals surface area contributed by atoms with E-state index in [2.05, 4.69) is 16.0 Å². The molecule has 1 aromatic rings. The van der Waals surface area contributed by atoms with Crippen LogP contribution in [0.25, 0.3) is 0 Å². The maximum Gasteiger partial charge on any atom is 0.408 e. The van der Waals surface area contributed by atoms with Crippen molar-refractivity contribution in [3.63, 3.8) is 0 Å². The first-order valence-corrected chi connectivity index (χ1v) is 13.4. The maximum absolute atomic E-state index is 13.3. The summed E-state index contributed by atoms with van der Waals surface area (Å²) in [6.45, 7) is 5.82. The van der Waals surface area contributed by atoms with Crippen molar-refractivity contribution in [2.45, 2.75) is 96.4 Å². The van der Waals surface area contributed by atoms with Crippen molar-refractivity contribution in [3.05, 3.63) is 35.9 Å². The third kappa shape index (κ3) is 11.8. The van der Waals surface area contributed by atoms with Crippen molar-refractivity contribution in [2.24, 2.45) is 5.92 Å². The molecule has 10 nitrogen and oxygen atoms in total. The Morgan fingerprint density at radius 2 is 1.63 bits per heavy atom. The Balaban J connectivity index is 1.85. The molecule has 0 spiro atoms. The van der Waals surface area contributed by atoms with Gasteiger partial charge < -0.3 is 30.2 Å². The molecule has 1 aliphatic carbocycles. The number of unbranched alkanes of at least 4 members (excludes halogenated alkanes) is 1. The molecule has 2 rings (SSSR count). The van der Waals surface area contributed by atoms with E-state index in [1.165, 1.54) is 7.11 Å². The molecule has 1 aromatic carbocycles. The van der Waals surface area contributed by atoms with E-state index < -0.39 is 41.7 Å². The Kier molecular flexibility index (Phi) is 12.9. The smallest absolute Gasteiger partial charge is 0.408 e. The van der Waals surface area contributed by atoms with Crippen molar-refractivity contribution in [3.8, 4) is 0 Å². The summed E-state index contributed by atoms with van der Waals surface area (Å²) in [5.74, 6) is -1.03. The van der Waals surface area contributed by atoms with E-state index in [0.717, 1.165) is 37.7 Å². The first kappa shape index (κ1) is 30.9. The number of hydrogen-bond acceptors (Lipinski definition) is 7. The minimum Gasteiger partial charge on any atom is -0.467 e. The first-order valence-electron chi connectivity index (χ1n) is 13.4. The molecule has 38 heavy (non-hydrogen) atoms. The lowest BCUT2D eigenvalue weighted by atomic mass is 9.83. The molecule has 0 radical (unpaired) electrons. The van der Waals surface area contributed by atoms with E-state index in [1.807, 2.05) is 30.3 Å². The molecule has 0 heterocycles. The maximum atomic E-state index is 13.3. The fraction of sp³-hybridized carbons (Fsp3) is 0.643. The average Bonchev–Trinajstić information content (AvgIpc) is 2.89. The number of methoxy groups -OCH3 is 1. The van der Waals surface area contributed by atoms with Gasteiger partial charge in [0.15, 0.2) is 0 Å². The highest BCUT2D eigenvalue weighted by atomic mass is 16.6.